The Bertz CT molecular complexity index is 533. The summed E-state index contributed by atoms with van der Waals surface area (Å²) in [7, 11) is -0.397. The van der Waals surface area contributed by atoms with E-state index in [1.807, 2.05) is 0 Å². The number of methoxy groups -OCH3 is 1. The molecule has 0 heterocycles. The molecule has 20 heavy (non-hydrogen) atoms. The topological polar surface area (TPSA) is 66.8 Å². The van der Waals surface area contributed by atoms with Gasteiger partial charge in [0.2, 0.25) is 10.0 Å². The molecule has 7 heteroatoms. The minimum absolute atomic E-state index is 0.141. The van der Waals surface area contributed by atoms with Gasteiger partial charge >= 0.3 is 0 Å². The van der Waals surface area contributed by atoms with Crippen molar-refractivity contribution < 1.29 is 18.3 Å². The Morgan fingerprint density at radius 3 is 2.55 bits per heavy atom. The number of halogens is 1. The van der Waals surface area contributed by atoms with Gasteiger partial charge in [0.1, 0.15) is 5.75 Å². The fraction of sp³-hybridized carbons (Fsp3) is 0.538. The van der Waals surface area contributed by atoms with E-state index in [4.69, 9.17) is 9.84 Å². The Balaban J connectivity index is 2.79. The highest BCUT2D eigenvalue weighted by Crippen LogP contribution is 2.28. The summed E-state index contributed by atoms with van der Waals surface area (Å²) in [6.45, 7) is 0.577. The molecule has 0 bridgehead atoms. The summed E-state index contributed by atoms with van der Waals surface area (Å²) in [5, 5.41) is 8.70. The molecule has 0 radical (unpaired) electrons. The van der Waals surface area contributed by atoms with Crippen LogP contribution in [-0.4, -0.2) is 45.1 Å². The fourth-order valence-electron chi connectivity index (χ4n) is 1.73. The summed E-state index contributed by atoms with van der Waals surface area (Å²) >= 11 is 3.29. The number of aliphatic hydroxyl groups excluding tert-OH is 1. The minimum atomic E-state index is -3.49. The molecule has 1 rings (SSSR count). The first-order chi connectivity index (χ1) is 9.43. The number of sulfonamides is 1. The molecule has 0 aliphatic carbocycles. The van der Waals surface area contributed by atoms with E-state index in [1.165, 1.54) is 17.5 Å². The second-order valence-electron chi connectivity index (χ2n) is 4.41. The third-order valence-electron chi connectivity index (χ3n) is 2.96. The van der Waals surface area contributed by atoms with Crippen molar-refractivity contribution >= 4 is 26.0 Å². The predicted molar refractivity (Wildman–Crippen MR) is 81.4 cm³/mol. The van der Waals surface area contributed by atoms with Crippen LogP contribution in [0.3, 0.4) is 0 Å². The molecule has 0 spiro atoms. The average Bonchev–Trinajstić information content (AvgIpc) is 2.43. The first kappa shape index (κ1) is 17.4. The van der Waals surface area contributed by atoms with E-state index in [-0.39, 0.29) is 11.5 Å². The van der Waals surface area contributed by atoms with Gasteiger partial charge in [-0.3, -0.25) is 0 Å². The molecule has 0 saturated carbocycles. The first-order valence-corrected chi connectivity index (χ1v) is 8.57. The second-order valence-corrected chi connectivity index (χ2v) is 7.31. The molecule has 0 saturated heterocycles. The quantitative estimate of drug-likeness (QED) is 0.717. The lowest BCUT2D eigenvalue weighted by atomic mass is 10.2. The molecule has 1 aromatic rings. The van der Waals surface area contributed by atoms with Crippen molar-refractivity contribution in [2.75, 3.05) is 27.3 Å². The van der Waals surface area contributed by atoms with Crippen LogP contribution in [0.4, 0.5) is 0 Å². The van der Waals surface area contributed by atoms with E-state index in [1.54, 1.807) is 19.2 Å². The predicted octanol–water partition coefficient (Wildman–Crippen LogP) is 2.24. The number of nitrogens with zero attached hydrogens (tertiary/aromatic N) is 1. The largest absolute Gasteiger partial charge is 0.496 e. The van der Waals surface area contributed by atoms with Gasteiger partial charge in [-0.2, -0.15) is 0 Å². The van der Waals surface area contributed by atoms with Crippen molar-refractivity contribution in [2.45, 2.75) is 24.2 Å². The number of unbranched alkanes of at least 4 members (excludes halogenated alkanes) is 2. The Morgan fingerprint density at radius 2 is 2.00 bits per heavy atom. The lowest BCUT2D eigenvalue weighted by Gasteiger charge is -2.17. The monoisotopic (exact) mass is 365 g/mol. The summed E-state index contributed by atoms with van der Waals surface area (Å²) in [6.07, 6.45) is 2.23. The Morgan fingerprint density at radius 1 is 1.30 bits per heavy atom. The molecule has 0 amide bonds. The maximum absolute atomic E-state index is 12.4. The van der Waals surface area contributed by atoms with Gasteiger partial charge in [0, 0.05) is 20.2 Å². The molecule has 0 aliphatic heterocycles. The van der Waals surface area contributed by atoms with Crippen LogP contribution in [0.25, 0.3) is 0 Å². The molecule has 0 aliphatic rings. The van der Waals surface area contributed by atoms with Crippen LogP contribution in [0.5, 0.6) is 5.75 Å². The SMILES string of the molecule is COc1ccc(S(=O)(=O)N(C)CCCCCO)cc1Br. The van der Waals surface area contributed by atoms with E-state index in [0.29, 0.717) is 23.2 Å². The van der Waals surface area contributed by atoms with Crippen molar-refractivity contribution in [2.24, 2.45) is 0 Å². The van der Waals surface area contributed by atoms with Crippen LogP contribution in [0.15, 0.2) is 27.6 Å². The maximum atomic E-state index is 12.4. The van der Waals surface area contributed by atoms with Crippen molar-refractivity contribution in [3.05, 3.63) is 22.7 Å². The molecule has 0 atom stereocenters. The van der Waals surface area contributed by atoms with Crippen LogP contribution in [0, 0.1) is 0 Å². The van der Waals surface area contributed by atoms with Gasteiger partial charge in [-0.1, -0.05) is 0 Å². The van der Waals surface area contributed by atoms with Gasteiger partial charge in [0.15, 0.2) is 0 Å². The van der Waals surface area contributed by atoms with Crippen molar-refractivity contribution in [3.63, 3.8) is 0 Å². The molecular formula is C13H20BrNO4S. The number of hydrogen-bond donors (Lipinski definition) is 1. The van der Waals surface area contributed by atoms with Crippen LogP contribution in [-0.2, 0) is 10.0 Å². The molecule has 1 aromatic carbocycles. The summed E-state index contributed by atoms with van der Waals surface area (Å²) in [5.41, 5.74) is 0. The summed E-state index contributed by atoms with van der Waals surface area (Å²) in [6, 6.07) is 4.69. The smallest absolute Gasteiger partial charge is 0.242 e. The molecule has 0 fully saturated rings. The van der Waals surface area contributed by atoms with Crippen LogP contribution in [0.1, 0.15) is 19.3 Å². The number of rotatable bonds is 8. The van der Waals surface area contributed by atoms with Crippen molar-refractivity contribution in [1.82, 2.24) is 4.31 Å². The van der Waals surface area contributed by atoms with E-state index in [9.17, 15) is 8.42 Å². The summed E-state index contributed by atoms with van der Waals surface area (Å²) in [4.78, 5) is 0.231. The third-order valence-corrected chi connectivity index (χ3v) is 5.44. The molecule has 0 unspecified atom stereocenters. The van der Waals surface area contributed by atoms with E-state index in [0.717, 1.165) is 12.8 Å². The lowest BCUT2D eigenvalue weighted by Crippen LogP contribution is -2.28. The van der Waals surface area contributed by atoms with Crippen molar-refractivity contribution in [1.29, 1.82) is 0 Å². The molecule has 0 aromatic heterocycles. The molecule has 114 valence electrons. The van der Waals surface area contributed by atoms with Gasteiger partial charge in [-0.05, 0) is 53.4 Å². The number of aliphatic hydroxyl groups is 1. The third kappa shape index (κ3) is 4.44. The first-order valence-electron chi connectivity index (χ1n) is 6.34. The zero-order valence-electron chi connectivity index (χ0n) is 11.7. The average molecular weight is 366 g/mol. The van der Waals surface area contributed by atoms with Gasteiger partial charge in [0.25, 0.3) is 0 Å². The molecular weight excluding hydrogens is 346 g/mol. The highest BCUT2D eigenvalue weighted by atomic mass is 79.9. The number of benzene rings is 1. The number of hydrogen-bond acceptors (Lipinski definition) is 4. The lowest BCUT2D eigenvalue weighted by molar-refractivity contribution is 0.281. The van der Waals surface area contributed by atoms with E-state index >= 15 is 0 Å². The Labute approximate surface area is 128 Å². The highest BCUT2D eigenvalue weighted by Gasteiger charge is 2.21. The van der Waals surface area contributed by atoms with Gasteiger partial charge in [-0.25, -0.2) is 12.7 Å². The van der Waals surface area contributed by atoms with E-state index in [2.05, 4.69) is 15.9 Å². The molecule has 1 N–H and O–H groups in total. The summed E-state index contributed by atoms with van der Waals surface area (Å²) < 4.78 is 31.7. The standard InChI is InChI=1S/C13H20BrNO4S/c1-15(8-4-3-5-9-16)20(17,18)11-6-7-13(19-2)12(14)10-11/h6-7,10,16H,3-5,8-9H2,1-2H3. The van der Waals surface area contributed by atoms with Gasteiger partial charge < -0.3 is 9.84 Å². The normalized spacial score (nSPS) is 11.8. The zero-order valence-corrected chi connectivity index (χ0v) is 14.1. The van der Waals surface area contributed by atoms with Gasteiger partial charge in [-0.15, -0.1) is 0 Å². The second kappa shape index (κ2) is 7.97. The van der Waals surface area contributed by atoms with Crippen LogP contribution < -0.4 is 4.74 Å². The maximum Gasteiger partial charge on any atom is 0.242 e. The van der Waals surface area contributed by atoms with Crippen molar-refractivity contribution in [3.8, 4) is 5.75 Å². The molecule has 5 nitrogen and oxygen atoms in total. The van der Waals surface area contributed by atoms with E-state index < -0.39 is 10.0 Å². The van der Waals surface area contributed by atoms with Crippen LogP contribution >= 0.6 is 15.9 Å². The number of ether oxygens (including phenoxy) is 1. The fourth-order valence-corrected chi connectivity index (χ4v) is 3.66. The summed E-state index contributed by atoms with van der Waals surface area (Å²) in [5.74, 6) is 0.592. The zero-order chi connectivity index (χ0) is 15.2. The Kier molecular flexibility index (Phi) is 6.94. The highest BCUT2D eigenvalue weighted by molar-refractivity contribution is 9.10. The van der Waals surface area contributed by atoms with Crippen LogP contribution in [0.2, 0.25) is 0 Å². The van der Waals surface area contributed by atoms with Gasteiger partial charge in [0.05, 0.1) is 16.5 Å². The Hall–Kier alpha value is -0.630. The minimum Gasteiger partial charge on any atom is -0.496 e.